The predicted molar refractivity (Wildman–Crippen MR) is 130 cm³/mol. The largest absolute Gasteiger partial charge is 0.493 e. The molecule has 180 valence electrons. The maximum absolute atomic E-state index is 12.9. The van der Waals surface area contributed by atoms with Crippen LogP contribution < -0.4 is 10.1 Å². The van der Waals surface area contributed by atoms with Crippen molar-refractivity contribution in [2.45, 2.75) is 50.9 Å². The van der Waals surface area contributed by atoms with Gasteiger partial charge in [0.1, 0.15) is 10.8 Å². The molecule has 1 amide bonds. The number of H-pyrrole nitrogens is 1. The summed E-state index contributed by atoms with van der Waals surface area (Å²) in [4.78, 5) is 18.6. The van der Waals surface area contributed by atoms with Gasteiger partial charge in [-0.15, -0.1) is 0 Å². The zero-order chi connectivity index (χ0) is 24.2. The molecule has 0 aliphatic carbocycles. The Bertz CT molecular complexity index is 1120. The van der Waals surface area contributed by atoms with Gasteiger partial charge in [0.05, 0.1) is 25.5 Å². The molecule has 1 aromatic carbocycles. The van der Waals surface area contributed by atoms with Crippen LogP contribution in [0, 0.1) is 6.92 Å². The quantitative estimate of drug-likeness (QED) is 0.424. The number of nitrogens with one attached hydrogen (secondary N) is 2. The maximum Gasteiger partial charge on any atom is 0.253 e. The molecular weight excluding hydrogens is 454 g/mol. The minimum absolute atomic E-state index is 0.0230. The summed E-state index contributed by atoms with van der Waals surface area (Å²) < 4.78 is 5.37. The highest BCUT2D eigenvalue weighted by atomic mass is 35.5. The van der Waals surface area contributed by atoms with Crippen molar-refractivity contribution in [1.82, 2.24) is 25.4 Å². The number of amides is 1. The predicted octanol–water partition coefficient (Wildman–Crippen LogP) is 3.44. The second-order valence-corrected chi connectivity index (χ2v) is 9.18. The van der Waals surface area contributed by atoms with E-state index in [2.05, 4.69) is 20.5 Å². The summed E-state index contributed by atoms with van der Waals surface area (Å²) in [5.74, 6) is 0.600. The number of ether oxygens (including phenoxy) is 1. The van der Waals surface area contributed by atoms with Gasteiger partial charge in [0.15, 0.2) is 5.75 Å². The summed E-state index contributed by atoms with van der Waals surface area (Å²) in [6.07, 6.45) is 3.68. The number of aromatic nitrogens is 3. The lowest BCUT2D eigenvalue weighted by Gasteiger charge is -2.20. The van der Waals surface area contributed by atoms with Gasteiger partial charge in [0.25, 0.3) is 5.91 Å². The number of halogens is 1. The molecule has 9 heteroatoms. The summed E-state index contributed by atoms with van der Waals surface area (Å²) in [5.41, 5.74) is 4.07. The molecule has 1 aliphatic heterocycles. The third-order valence-corrected chi connectivity index (χ3v) is 6.55. The topological polar surface area (TPSA) is 103 Å². The SMILES string of the molecule is COc1c(CN(C)C(=O)c2ccc(C[C@@H]3CC[C@H](C(O)c4ccc(Cl)nc4)N3)cc2)n[nH]c1C. The average molecular weight is 484 g/mol. The Kier molecular flexibility index (Phi) is 7.50. The number of pyridine rings is 1. The van der Waals surface area contributed by atoms with E-state index in [0.717, 1.165) is 36.1 Å². The number of nitrogens with zero attached hydrogens (tertiary/aromatic N) is 3. The van der Waals surface area contributed by atoms with Gasteiger partial charge < -0.3 is 20.1 Å². The Morgan fingerprint density at radius 2 is 2.03 bits per heavy atom. The first-order valence-electron chi connectivity index (χ1n) is 11.3. The fourth-order valence-electron chi connectivity index (χ4n) is 4.49. The van der Waals surface area contributed by atoms with Crippen molar-refractivity contribution < 1.29 is 14.6 Å². The third-order valence-electron chi connectivity index (χ3n) is 6.33. The fourth-order valence-corrected chi connectivity index (χ4v) is 4.60. The Hall–Kier alpha value is -2.94. The van der Waals surface area contributed by atoms with E-state index < -0.39 is 6.10 Å². The zero-order valence-electron chi connectivity index (χ0n) is 19.6. The van der Waals surface area contributed by atoms with Crippen molar-refractivity contribution in [2.75, 3.05) is 14.2 Å². The standard InChI is InChI=1S/C25H30ClN5O3/c1-15-24(34-3)21(30-29-15)14-31(2)25(33)17-6-4-16(5-7-17)12-19-9-10-20(28-19)23(32)18-8-11-22(26)27-13-18/h4-8,11,13,19-20,23,28,32H,9-10,12,14H2,1-3H3,(H,29,30)/t19-,20+,23?/m0/s1. The fraction of sp³-hybridized carbons (Fsp3) is 0.400. The van der Waals surface area contributed by atoms with Crippen LogP contribution in [0.2, 0.25) is 5.15 Å². The molecule has 3 N–H and O–H groups in total. The average Bonchev–Trinajstić information content (AvgIpc) is 3.45. The lowest BCUT2D eigenvalue weighted by atomic mass is 10.0. The van der Waals surface area contributed by atoms with Gasteiger partial charge in [0, 0.05) is 36.5 Å². The Balaban J connectivity index is 1.32. The van der Waals surface area contributed by atoms with Crippen LogP contribution in [0.15, 0.2) is 42.6 Å². The van der Waals surface area contributed by atoms with E-state index in [-0.39, 0.29) is 18.0 Å². The molecule has 1 saturated heterocycles. The number of carbonyl (C=O) groups is 1. The summed E-state index contributed by atoms with van der Waals surface area (Å²) >= 11 is 5.85. The molecule has 0 saturated carbocycles. The first-order chi connectivity index (χ1) is 16.4. The number of benzene rings is 1. The summed E-state index contributed by atoms with van der Waals surface area (Å²) in [6, 6.07) is 11.5. The molecule has 0 radical (unpaired) electrons. The second-order valence-electron chi connectivity index (χ2n) is 8.80. The maximum atomic E-state index is 12.9. The molecule has 1 fully saturated rings. The van der Waals surface area contributed by atoms with Crippen molar-refractivity contribution in [3.63, 3.8) is 0 Å². The van der Waals surface area contributed by atoms with Crippen LogP contribution in [0.1, 0.15) is 51.8 Å². The minimum Gasteiger partial charge on any atom is -0.493 e. The monoisotopic (exact) mass is 483 g/mol. The number of hydrogen-bond donors (Lipinski definition) is 3. The third kappa shape index (κ3) is 5.41. The molecule has 2 aromatic heterocycles. The van der Waals surface area contributed by atoms with E-state index in [1.807, 2.05) is 37.3 Å². The van der Waals surface area contributed by atoms with Crippen LogP contribution >= 0.6 is 11.6 Å². The normalized spacial score (nSPS) is 18.6. The van der Waals surface area contributed by atoms with Crippen molar-refractivity contribution >= 4 is 17.5 Å². The number of aromatic amines is 1. The Morgan fingerprint density at radius 1 is 1.26 bits per heavy atom. The molecule has 3 heterocycles. The molecule has 0 spiro atoms. The minimum atomic E-state index is -0.623. The highest BCUT2D eigenvalue weighted by Crippen LogP contribution is 2.27. The molecular formula is C25H30ClN5O3. The molecule has 3 aromatic rings. The summed E-state index contributed by atoms with van der Waals surface area (Å²) in [5, 5.41) is 21.8. The van der Waals surface area contributed by atoms with Crippen LogP contribution in [-0.4, -0.2) is 57.3 Å². The first-order valence-corrected chi connectivity index (χ1v) is 11.7. The Morgan fingerprint density at radius 3 is 2.71 bits per heavy atom. The molecule has 8 nitrogen and oxygen atoms in total. The van der Waals surface area contributed by atoms with Crippen LogP contribution in [-0.2, 0) is 13.0 Å². The van der Waals surface area contributed by atoms with Crippen LogP contribution in [0.5, 0.6) is 5.75 Å². The van der Waals surface area contributed by atoms with Crippen LogP contribution in [0.25, 0.3) is 0 Å². The highest BCUT2D eigenvalue weighted by Gasteiger charge is 2.30. The first kappa shape index (κ1) is 24.2. The van der Waals surface area contributed by atoms with Crippen molar-refractivity contribution in [2.24, 2.45) is 0 Å². The molecule has 34 heavy (non-hydrogen) atoms. The lowest BCUT2D eigenvalue weighted by molar-refractivity contribution is 0.0782. The Labute approximate surface area is 204 Å². The number of methoxy groups -OCH3 is 1. The molecule has 3 atom stereocenters. The summed E-state index contributed by atoms with van der Waals surface area (Å²) in [7, 11) is 3.35. The van der Waals surface area contributed by atoms with E-state index in [1.165, 1.54) is 0 Å². The van der Waals surface area contributed by atoms with E-state index in [1.54, 1.807) is 31.3 Å². The van der Waals surface area contributed by atoms with E-state index in [9.17, 15) is 9.90 Å². The second kappa shape index (κ2) is 10.5. The smallest absolute Gasteiger partial charge is 0.253 e. The molecule has 1 aliphatic rings. The number of aliphatic hydroxyl groups is 1. The van der Waals surface area contributed by atoms with E-state index in [4.69, 9.17) is 16.3 Å². The summed E-state index contributed by atoms with van der Waals surface area (Å²) in [6.45, 7) is 2.24. The van der Waals surface area contributed by atoms with E-state index in [0.29, 0.717) is 28.7 Å². The van der Waals surface area contributed by atoms with Gasteiger partial charge >= 0.3 is 0 Å². The van der Waals surface area contributed by atoms with Crippen molar-refractivity contribution in [3.8, 4) is 5.75 Å². The van der Waals surface area contributed by atoms with Gasteiger partial charge in [-0.2, -0.15) is 5.10 Å². The number of aryl methyl sites for hydroxylation is 1. The number of carbonyl (C=O) groups excluding carboxylic acids is 1. The van der Waals surface area contributed by atoms with Gasteiger partial charge in [-0.05, 0) is 49.9 Å². The number of rotatable bonds is 8. The van der Waals surface area contributed by atoms with Crippen molar-refractivity contribution in [3.05, 3.63) is 75.8 Å². The zero-order valence-corrected chi connectivity index (χ0v) is 20.3. The van der Waals surface area contributed by atoms with Crippen LogP contribution in [0.4, 0.5) is 0 Å². The van der Waals surface area contributed by atoms with Crippen molar-refractivity contribution in [1.29, 1.82) is 0 Å². The molecule has 0 bridgehead atoms. The number of aliphatic hydroxyl groups excluding tert-OH is 1. The van der Waals surface area contributed by atoms with Crippen LogP contribution in [0.3, 0.4) is 0 Å². The lowest BCUT2D eigenvalue weighted by Crippen LogP contribution is -2.35. The van der Waals surface area contributed by atoms with Gasteiger partial charge in [0.2, 0.25) is 0 Å². The van der Waals surface area contributed by atoms with E-state index >= 15 is 0 Å². The highest BCUT2D eigenvalue weighted by molar-refractivity contribution is 6.29. The number of hydrogen-bond acceptors (Lipinski definition) is 6. The van der Waals surface area contributed by atoms with Gasteiger partial charge in [-0.1, -0.05) is 29.8 Å². The van der Waals surface area contributed by atoms with Gasteiger partial charge in [-0.25, -0.2) is 4.98 Å². The molecule has 4 rings (SSSR count). The van der Waals surface area contributed by atoms with Gasteiger partial charge in [-0.3, -0.25) is 9.89 Å². The molecule has 1 unspecified atom stereocenters.